The van der Waals surface area contributed by atoms with Gasteiger partial charge in [-0.2, -0.15) is 0 Å². The van der Waals surface area contributed by atoms with Gasteiger partial charge >= 0.3 is 0 Å². The van der Waals surface area contributed by atoms with Gasteiger partial charge in [0.25, 0.3) is 5.69 Å². The first kappa shape index (κ1) is 14.3. The molecule has 0 spiro atoms. The molecule has 0 saturated carbocycles. The van der Waals surface area contributed by atoms with Gasteiger partial charge in [0.05, 0.1) is 23.4 Å². The lowest BCUT2D eigenvalue weighted by atomic mass is 10.2. The highest BCUT2D eigenvalue weighted by atomic mass is 32.1. The number of nitro benzene ring substituents is 1. The highest BCUT2D eigenvalue weighted by molar-refractivity contribution is 7.13. The van der Waals surface area contributed by atoms with E-state index in [9.17, 15) is 10.1 Å². The Hall–Kier alpha value is -2.67. The highest BCUT2D eigenvalue weighted by Crippen LogP contribution is 2.25. The number of nitro groups is 1. The molecule has 0 saturated heterocycles. The molecule has 0 amide bonds. The van der Waals surface area contributed by atoms with Crippen LogP contribution in [0.1, 0.15) is 11.3 Å². The van der Waals surface area contributed by atoms with E-state index in [1.54, 1.807) is 25.3 Å². The van der Waals surface area contributed by atoms with Crippen molar-refractivity contribution in [1.29, 1.82) is 0 Å². The minimum Gasteiger partial charge on any atom is -0.462 e. The largest absolute Gasteiger partial charge is 0.462 e. The highest BCUT2D eigenvalue weighted by Gasteiger charge is 2.11. The predicted molar refractivity (Wildman–Crippen MR) is 85.0 cm³/mol. The molecule has 3 rings (SSSR count). The third-order valence-electron chi connectivity index (χ3n) is 3.15. The maximum Gasteiger partial charge on any atom is 0.272 e. The maximum atomic E-state index is 10.8. The van der Waals surface area contributed by atoms with Gasteiger partial charge in [0.15, 0.2) is 10.8 Å². The molecule has 1 aromatic carbocycles. The molecular weight excluding hydrogens is 302 g/mol. The number of thiazole rings is 1. The van der Waals surface area contributed by atoms with E-state index in [-0.39, 0.29) is 10.6 Å². The molecule has 2 heterocycles. The molecule has 0 aliphatic heterocycles. The number of rotatable bonds is 5. The van der Waals surface area contributed by atoms with Crippen molar-refractivity contribution in [2.45, 2.75) is 13.5 Å². The number of aryl methyl sites for hydroxylation is 1. The fourth-order valence-corrected chi connectivity index (χ4v) is 2.85. The zero-order chi connectivity index (χ0) is 15.5. The molecule has 0 aliphatic carbocycles. The van der Waals surface area contributed by atoms with Crippen molar-refractivity contribution in [3.63, 3.8) is 0 Å². The van der Waals surface area contributed by atoms with Crippen LogP contribution in [0, 0.1) is 17.0 Å². The van der Waals surface area contributed by atoms with Crippen molar-refractivity contribution in [3.05, 3.63) is 63.3 Å². The summed E-state index contributed by atoms with van der Waals surface area (Å²) in [7, 11) is 0. The van der Waals surface area contributed by atoms with Crippen molar-refractivity contribution in [1.82, 2.24) is 4.98 Å². The van der Waals surface area contributed by atoms with E-state index >= 15 is 0 Å². The Morgan fingerprint density at radius 3 is 2.95 bits per heavy atom. The normalized spacial score (nSPS) is 10.6. The summed E-state index contributed by atoms with van der Waals surface area (Å²) in [5.74, 6) is 0.752. The Kier molecular flexibility index (Phi) is 3.88. The summed E-state index contributed by atoms with van der Waals surface area (Å²) in [6.07, 6.45) is 1.62. The molecule has 0 unspecified atom stereocenters. The van der Waals surface area contributed by atoms with Crippen molar-refractivity contribution in [2.24, 2.45) is 0 Å². The van der Waals surface area contributed by atoms with Gasteiger partial charge in [0.1, 0.15) is 0 Å². The van der Waals surface area contributed by atoms with Crippen molar-refractivity contribution in [2.75, 3.05) is 5.32 Å². The topological polar surface area (TPSA) is 81.2 Å². The second-order valence-electron chi connectivity index (χ2n) is 4.73. The lowest BCUT2D eigenvalue weighted by Crippen LogP contribution is -2.01. The monoisotopic (exact) mass is 315 g/mol. The van der Waals surface area contributed by atoms with Gasteiger partial charge in [-0.3, -0.25) is 10.1 Å². The molecule has 0 radical (unpaired) electrons. The summed E-state index contributed by atoms with van der Waals surface area (Å²) in [4.78, 5) is 14.9. The zero-order valence-corrected chi connectivity index (χ0v) is 12.6. The molecule has 0 aliphatic rings. The minimum atomic E-state index is -0.380. The number of hydrogen-bond acceptors (Lipinski definition) is 6. The van der Waals surface area contributed by atoms with Crippen LogP contribution in [0.25, 0.3) is 10.8 Å². The number of nitrogens with one attached hydrogen (secondary N) is 1. The molecule has 3 aromatic rings. The summed E-state index contributed by atoms with van der Waals surface area (Å²) >= 11 is 1.52. The number of nitrogens with zero attached hydrogens (tertiary/aromatic N) is 2. The van der Waals surface area contributed by atoms with Crippen LogP contribution in [0.4, 0.5) is 11.4 Å². The number of aromatic nitrogens is 1. The van der Waals surface area contributed by atoms with E-state index in [1.165, 1.54) is 17.4 Å². The van der Waals surface area contributed by atoms with E-state index in [0.717, 1.165) is 22.1 Å². The maximum absolute atomic E-state index is 10.8. The molecule has 0 bridgehead atoms. The SMILES string of the molecule is Cc1cc(NCc2csc(-c3ccco3)n2)ccc1[N+](=O)[O-]. The Morgan fingerprint density at radius 1 is 1.41 bits per heavy atom. The predicted octanol–water partition coefficient (Wildman–Crippen LogP) is 4.23. The van der Waals surface area contributed by atoms with Gasteiger partial charge in [-0.05, 0) is 31.2 Å². The van der Waals surface area contributed by atoms with Crippen LogP contribution in [0.15, 0.2) is 46.4 Å². The molecule has 6 nitrogen and oxygen atoms in total. The number of benzene rings is 1. The molecule has 0 atom stereocenters. The van der Waals surface area contributed by atoms with Crippen LogP contribution in [0.2, 0.25) is 0 Å². The van der Waals surface area contributed by atoms with Crippen molar-refractivity contribution >= 4 is 22.7 Å². The van der Waals surface area contributed by atoms with Crippen molar-refractivity contribution in [3.8, 4) is 10.8 Å². The first-order valence-corrected chi connectivity index (χ1v) is 7.48. The van der Waals surface area contributed by atoms with Gasteiger partial charge in [0.2, 0.25) is 0 Å². The van der Waals surface area contributed by atoms with Gasteiger partial charge in [-0.1, -0.05) is 0 Å². The first-order chi connectivity index (χ1) is 10.6. The van der Waals surface area contributed by atoms with Gasteiger partial charge in [-0.25, -0.2) is 4.98 Å². The van der Waals surface area contributed by atoms with E-state index < -0.39 is 0 Å². The van der Waals surface area contributed by atoms with Crippen LogP contribution in [0.3, 0.4) is 0 Å². The quantitative estimate of drug-likeness (QED) is 0.563. The second-order valence-corrected chi connectivity index (χ2v) is 5.59. The lowest BCUT2D eigenvalue weighted by Gasteiger charge is -2.05. The Balaban J connectivity index is 1.68. The van der Waals surface area contributed by atoms with Crippen LogP contribution < -0.4 is 5.32 Å². The molecule has 7 heteroatoms. The van der Waals surface area contributed by atoms with Crippen molar-refractivity contribution < 1.29 is 9.34 Å². The molecule has 22 heavy (non-hydrogen) atoms. The van der Waals surface area contributed by atoms with Crippen LogP contribution in [0.5, 0.6) is 0 Å². The number of furan rings is 1. The fraction of sp³-hybridized carbons (Fsp3) is 0.133. The Bertz CT molecular complexity index is 796. The van der Waals surface area contributed by atoms with E-state index in [4.69, 9.17) is 4.42 Å². The van der Waals surface area contributed by atoms with Crippen LogP contribution in [-0.4, -0.2) is 9.91 Å². The lowest BCUT2D eigenvalue weighted by molar-refractivity contribution is -0.385. The average molecular weight is 315 g/mol. The molecule has 0 fully saturated rings. The molecule has 1 N–H and O–H groups in total. The number of hydrogen-bond donors (Lipinski definition) is 1. The van der Waals surface area contributed by atoms with E-state index in [2.05, 4.69) is 10.3 Å². The molecule has 112 valence electrons. The Labute approximate surface area is 130 Å². The molecular formula is C15H13N3O3S. The van der Waals surface area contributed by atoms with E-state index in [0.29, 0.717) is 12.1 Å². The van der Waals surface area contributed by atoms with E-state index in [1.807, 2.05) is 17.5 Å². The standard InChI is InChI=1S/C15H13N3O3S/c1-10-7-11(4-5-13(10)18(19)20)16-8-12-9-22-15(17-12)14-3-2-6-21-14/h2-7,9,16H,8H2,1H3. The summed E-state index contributed by atoms with van der Waals surface area (Å²) < 4.78 is 5.31. The Morgan fingerprint density at radius 2 is 2.27 bits per heavy atom. The summed E-state index contributed by atoms with van der Waals surface area (Å²) in [5.41, 5.74) is 2.48. The van der Waals surface area contributed by atoms with Crippen LogP contribution in [-0.2, 0) is 6.54 Å². The fourth-order valence-electron chi connectivity index (χ4n) is 2.06. The van der Waals surface area contributed by atoms with Gasteiger partial charge < -0.3 is 9.73 Å². The third-order valence-corrected chi connectivity index (χ3v) is 4.06. The average Bonchev–Trinajstić information content (AvgIpc) is 3.16. The minimum absolute atomic E-state index is 0.124. The third kappa shape index (κ3) is 2.99. The van der Waals surface area contributed by atoms with Gasteiger partial charge in [-0.15, -0.1) is 11.3 Å². The first-order valence-electron chi connectivity index (χ1n) is 6.60. The van der Waals surface area contributed by atoms with Gasteiger partial charge in [0, 0.05) is 22.7 Å². The summed E-state index contributed by atoms with van der Waals surface area (Å²) in [6.45, 7) is 2.27. The summed E-state index contributed by atoms with van der Waals surface area (Å²) in [5, 5.41) is 16.8. The molecule has 2 aromatic heterocycles. The smallest absolute Gasteiger partial charge is 0.272 e. The second kappa shape index (κ2) is 5.98. The number of anilines is 1. The zero-order valence-electron chi connectivity index (χ0n) is 11.8. The summed E-state index contributed by atoms with van der Waals surface area (Å²) in [6, 6.07) is 8.67. The van der Waals surface area contributed by atoms with Crippen LogP contribution >= 0.6 is 11.3 Å².